The smallest absolute Gasteiger partial charge is 0.229 e. The van der Waals surface area contributed by atoms with Gasteiger partial charge >= 0.3 is 0 Å². The second-order valence-corrected chi connectivity index (χ2v) is 9.33. The van der Waals surface area contributed by atoms with Crippen molar-refractivity contribution in [3.63, 3.8) is 0 Å². The summed E-state index contributed by atoms with van der Waals surface area (Å²) in [5, 5.41) is 5.03. The second kappa shape index (κ2) is 9.45. The largest absolute Gasteiger partial charge is 0.286 e. The van der Waals surface area contributed by atoms with Crippen LogP contribution in [0.15, 0.2) is 65.8 Å². The van der Waals surface area contributed by atoms with Crippen molar-refractivity contribution in [3.05, 3.63) is 72.1 Å². The second-order valence-electron chi connectivity index (χ2n) is 7.15. The van der Waals surface area contributed by atoms with Crippen molar-refractivity contribution in [2.45, 2.75) is 31.7 Å². The predicted molar refractivity (Wildman–Crippen MR) is 125 cm³/mol. The Bertz CT molecular complexity index is 1120. The van der Waals surface area contributed by atoms with Crippen molar-refractivity contribution in [1.82, 2.24) is 14.8 Å². The Morgan fingerprint density at radius 2 is 2.00 bits per heavy atom. The predicted octanol–water partition coefficient (Wildman–Crippen LogP) is 5.33. The Kier molecular flexibility index (Phi) is 6.50. The van der Waals surface area contributed by atoms with Gasteiger partial charge in [-0.2, -0.15) is 5.10 Å². The highest BCUT2D eigenvalue weighted by molar-refractivity contribution is 7.99. The molecule has 0 saturated heterocycles. The van der Waals surface area contributed by atoms with Crippen LogP contribution in [0.3, 0.4) is 0 Å². The summed E-state index contributed by atoms with van der Waals surface area (Å²) in [5.41, 5.74) is 3.34. The summed E-state index contributed by atoms with van der Waals surface area (Å²) in [6, 6.07) is 16.4. The molecule has 0 N–H and O–H groups in total. The zero-order chi connectivity index (χ0) is 20.9. The SMILES string of the molecule is Cc1cc(C)c2nc(N(CCn3cccn3)C(=O)CCSc3ccccc3)sc2c1. The van der Waals surface area contributed by atoms with E-state index in [-0.39, 0.29) is 5.91 Å². The van der Waals surface area contributed by atoms with E-state index >= 15 is 0 Å². The zero-order valence-electron chi connectivity index (χ0n) is 17.1. The fourth-order valence-electron chi connectivity index (χ4n) is 3.34. The van der Waals surface area contributed by atoms with E-state index < -0.39 is 0 Å². The van der Waals surface area contributed by atoms with Crippen molar-refractivity contribution in [2.75, 3.05) is 17.2 Å². The summed E-state index contributed by atoms with van der Waals surface area (Å²) in [4.78, 5) is 21.0. The lowest BCUT2D eigenvalue weighted by atomic mass is 10.1. The maximum atomic E-state index is 13.2. The number of aromatic nitrogens is 3. The average molecular weight is 437 g/mol. The summed E-state index contributed by atoms with van der Waals surface area (Å²) in [6.07, 6.45) is 4.14. The molecule has 2 heterocycles. The van der Waals surface area contributed by atoms with Crippen molar-refractivity contribution in [2.24, 2.45) is 0 Å². The molecule has 4 rings (SSSR count). The number of hydrogen-bond donors (Lipinski definition) is 0. The normalized spacial score (nSPS) is 11.1. The first-order valence-electron chi connectivity index (χ1n) is 9.93. The van der Waals surface area contributed by atoms with Gasteiger partial charge in [0.05, 0.1) is 16.8 Å². The zero-order valence-corrected chi connectivity index (χ0v) is 18.7. The molecule has 0 aliphatic heterocycles. The number of carbonyl (C=O) groups excluding carboxylic acids is 1. The number of nitrogens with zero attached hydrogens (tertiary/aromatic N) is 4. The van der Waals surface area contributed by atoms with Crippen LogP contribution in [0.2, 0.25) is 0 Å². The molecule has 2 aromatic carbocycles. The Morgan fingerprint density at radius 3 is 2.77 bits per heavy atom. The highest BCUT2D eigenvalue weighted by atomic mass is 32.2. The van der Waals surface area contributed by atoms with Crippen LogP contribution in [0.25, 0.3) is 10.2 Å². The number of fused-ring (bicyclic) bond motifs is 1. The molecule has 0 aliphatic carbocycles. The maximum absolute atomic E-state index is 13.2. The summed E-state index contributed by atoms with van der Waals surface area (Å²) in [7, 11) is 0. The minimum atomic E-state index is 0.0963. The van der Waals surface area contributed by atoms with Gasteiger partial charge in [0.15, 0.2) is 5.13 Å². The molecule has 0 unspecified atom stereocenters. The summed E-state index contributed by atoms with van der Waals surface area (Å²) < 4.78 is 2.97. The minimum absolute atomic E-state index is 0.0963. The minimum Gasteiger partial charge on any atom is -0.286 e. The summed E-state index contributed by atoms with van der Waals surface area (Å²) >= 11 is 3.29. The van der Waals surface area contributed by atoms with E-state index in [4.69, 9.17) is 4.98 Å². The lowest BCUT2D eigenvalue weighted by Crippen LogP contribution is -2.34. The van der Waals surface area contributed by atoms with Crippen LogP contribution in [-0.2, 0) is 11.3 Å². The highest BCUT2D eigenvalue weighted by Gasteiger charge is 2.20. The van der Waals surface area contributed by atoms with Crippen molar-refractivity contribution >= 4 is 44.4 Å². The van der Waals surface area contributed by atoms with Gasteiger partial charge in [0, 0.05) is 36.0 Å². The van der Waals surface area contributed by atoms with E-state index in [1.54, 1.807) is 29.3 Å². The first-order valence-corrected chi connectivity index (χ1v) is 11.7. The molecule has 4 aromatic rings. The number of rotatable bonds is 8. The van der Waals surface area contributed by atoms with E-state index in [1.165, 1.54) is 10.5 Å². The van der Waals surface area contributed by atoms with Gasteiger partial charge in [-0.3, -0.25) is 14.4 Å². The quantitative estimate of drug-likeness (QED) is 0.351. The molecule has 0 fully saturated rings. The number of aryl methyl sites for hydroxylation is 2. The van der Waals surface area contributed by atoms with Gasteiger partial charge in [0.25, 0.3) is 0 Å². The number of carbonyl (C=O) groups is 1. The highest BCUT2D eigenvalue weighted by Crippen LogP contribution is 2.32. The number of thioether (sulfide) groups is 1. The van der Waals surface area contributed by atoms with E-state index in [2.05, 4.69) is 43.2 Å². The monoisotopic (exact) mass is 436 g/mol. The lowest BCUT2D eigenvalue weighted by molar-refractivity contribution is -0.118. The third-order valence-corrected chi connectivity index (χ3v) is 6.83. The van der Waals surface area contributed by atoms with Crippen LogP contribution in [0.4, 0.5) is 5.13 Å². The van der Waals surface area contributed by atoms with E-state index in [0.29, 0.717) is 19.5 Å². The number of benzene rings is 2. The number of hydrogen-bond acceptors (Lipinski definition) is 5. The van der Waals surface area contributed by atoms with Crippen LogP contribution in [0.5, 0.6) is 0 Å². The van der Waals surface area contributed by atoms with Crippen LogP contribution >= 0.6 is 23.1 Å². The summed E-state index contributed by atoms with van der Waals surface area (Å²) in [6.45, 7) is 5.35. The Hall–Kier alpha value is -2.64. The fraction of sp³-hybridized carbons (Fsp3) is 0.261. The third-order valence-electron chi connectivity index (χ3n) is 4.79. The summed E-state index contributed by atoms with van der Waals surface area (Å²) in [5.74, 6) is 0.837. The molecule has 0 atom stereocenters. The molecule has 5 nitrogen and oxygen atoms in total. The van der Waals surface area contributed by atoms with E-state index in [0.717, 1.165) is 26.7 Å². The van der Waals surface area contributed by atoms with Crippen LogP contribution in [0.1, 0.15) is 17.5 Å². The molecule has 0 bridgehead atoms. The van der Waals surface area contributed by atoms with Gasteiger partial charge in [-0.25, -0.2) is 4.98 Å². The molecular formula is C23H24N4OS2. The molecule has 30 heavy (non-hydrogen) atoms. The molecule has 0 radical (unpaired) electrons. The topological polar surface area (TPSA) is 51.0 Å². The average Bonchev–Trinajstić information content (AvgIpc) is 3.39. The van der Waals surface area contributed by atoms with Gasteiger partial charge < -0.3 is 0 Å². The lowest BCUT2D eigenvalue weighted by Gasteiger charge is -2.20. The number of thiazole rings is 1. The Morgan fingerprint density at radius 1 is 1.17 bits per heavy atom. The molecular weight excluding hydrogens is 412 g/mol. The number of anilines is 1. The molecule has 1 amide bonds. The van der Waals surface area contributed by atoms with Gasteiger partial charge in [-0.1, -0.05) is 35.6 Å². The van der Waals surface area contributed by atoms with Crippen molar-refractivity contribution in [3.8, 4) is 0 Å². The van der Waals surface area contributed by atoms with E-state index in [9.17, 15) is 4.79 Å². The van der Waals surface area contributed by atoms with Crippen LogP contribution < -0.4 is 4.90 Å². The van der Waals surface area contributed by atoms with Gasteiger partial charge in [-0.15, -0.1) is 11.8 Å². The van der Waals surface area contributed by atoms with Crippen molar-refractivity contribution < 1.29 is 4.79 Å². The first-order chi connectivity index (χ1) is 14.6. The third kappa shape index (κ3) is 4.91. The molecule has 0 saturated carbocycles. The van der Waals surface area contributed by atoms with Crippen LogP contribution in [0, 0.1) is 13.8 Å². The van der Waals surface area contributed by atoms with Crippen molar-refractivity contribution in [1.29, 1.82) is 0 Å². The molecule has 7 heteroatoms. The van der Waals surface area contributed by atoms with Gasteiger partial charge in [0.2, 0.25) is 5.91 Å². The molecule has 0 spiro atoms. The Balaban J connectivity index is 1.52. The molecule has 0 aliphatic rings. The number of amides is 1. The molecule has 154 valence electrons. The standard InChI is InChI=1S/C23H24N4OS2/c1-17-15-18(2)22-20(16-17)30-23(25-22)27(13-12-26-11-6-10-24-26)21(28)9-14-29-19-7-4-3-5-8-19/h3-8,10-11,15-16H,9,12-14H2,1-2H3. The molecule has 2 aromatic heterocycles. The van der Waals surface area contributed by atoms with Crippen LogP contribution in [-0.4, -0.2) is 33.0 Å². The fourth-order valence-corrected chi connectivity index (χ4v) is 5.39. The van der Waals surface area contributed by atoms with E-state index in [1.807, 2.05) is 40.0 Å². The van der Waals surface area contributed by atoms with Gasteiger partial charge in [-0.05, 0) is 49.2 Å². The van der Waals surface area contributed by atoms with Gasteiger partial charge in [0.1, 0.15) is 0 Å². The maximum Gasteiger partial charge on any atom is 0.229 e. The Labute approximate surface area is 184 Å². The first kappa shape index (κ1) is 20.6.